The van der Waals surface area contributed by atoms with Gasteiger partial charge in [-0.2, -0.15) is 0 Å². The number of carbonyl (C=O) groups is 7. The minimum Gasteiger partial charge on any atom is -0.380 e. The standard InChI is InChI=1S/2C19H29ClN2O.3C18H27ClN2O.C16H22ClNO2.C14H19ClFNO/c2*1-14(2)19(23)18(16-5-7-17(20)8-6-16)13-21-9-11-22(12-10-21)15(3)4;2*1-13(2)18(22)17(14-5-7-15(19)8-6-14)12-21-10-9-16(11-21)20(3)4;1-4-20-9-11-21(12-10-20)13-17(18(22)14(2)3)15-5-7-16(19)8-6-15;1-11(2)16(19)15(9-18-14-7-8-20-10-14)12-3-5-13(17)6-4-12;1-10(2)14(18)13(9-17-8-7-16)11-3-5-12(15)6-4-11/h2*5-8,14-15,18H,9-13H2,1-4H3;2*5-8,13,16-17H,9-12H2,1-4H3;5-8,14,17H,4,9-13H2,1-3H3;3-6,11,14-15,18H,7-10H2,1-2H3;3-6,10,13,17H,7-9H2,1-2H3/t2*18-;16-,17+;16-,17-;17-;14?,15-;13-/m1000111/s1. The van der Waals surface area contributed by atoms with Gasteiger partial charge in [-0.05, 0) is 219 Å². The van der Waals surface area contributed by atoms with Gasteiger partial charge in [0.05, 0.1) is 48.0 Å². The van der Waals surface area contributed by atoms with E-state index in [4.69, 9.17) is 85.9 Å². The van der Waals surface area contributed by atoms with Gasteiger partial charge in [0, 0.05) is 257 Å². The van der Waals surface area contributed by atoms with Crippen molar-refractivity contribution in [2.75, 3.05) is 212 Å². The molecule has 6 saturated heterocycles. The fraction of sp³-hybridized carbons (Fsp3) is 0.598. The first-order valence-electron chi connectivity index (χ1n) is 54.9. The highest BCUT2D eigenvalue weighted by atomic mass is 35.5. The maximum atomic E-state index is 12.7. The lowest BCUT2D eigenvalue weighted by Crippen LogP contribution is -2.50. The molecule has 0 aliphatic carbocycles. The zero-order valence-corrected chi connectivity index (χ0v) is 99.6. The number of benzene rings is 7. The van der Waals surface area contributed by atoms with Gasteiger partial charge in [0.2, 0.25) is 0 Å². The summed E-state index contributed by atoms with van der Waals surface area (Å²) in [6, 6.07) is 56.3. The van der Waals surface area contributed by atoms with Crippen LogP contribution in [-0.4, -0.2) is 331 Å². The van der Waals surface area contributed by atoms with Crippen LogP contribution in [0.2, 0.25) is 35.2 Å². The SMILES string of the molecule is CC(C)C(=O)[C@@H](CN1CCN(C(C)C)CC1)c1ccc(Cl)cc1.CC(C)C(=O)[C@@H](CN1CC[C@H](N(C)C)C1)c1ccc(Cl)cc1.CC(C)C(=O)[C@H](CN1CCN(C(C)C)CC1)c1ccc(Cl)cc1.CC(C)C(=O)[C@H](CN1CC[C@H](N(C)C)C1)c1ccc(Cl)cc1.CC(C)C(=O)[C@H](CNC1CCOC1)c1ccc(Cl)cc1.CC(C)C(=O)[C@H](CNCCF)c1ccc(Cl)cc1.CCN1CCN(C[C@@H](C(=O)C(C)C)c2ccc(Cl)cc2)CC1. The summed E-state index contributed by atoms with van der Waals surface area (Å²) < 4.78 is 17.4. The molecule has 0 radical (unpaired) electrons. The minimum absolute atomic E-state index is 0.0253. The van der Waals surface area contributed by atoms with Crippen molar-refractivity contribution in [1.82, 2.24) is 59.6 Å². The summed E-state index contributed by atoms with van der Waals surface area (Å²) >= 11 is 41.7. The van der Waals surface area contributed by atoms with Crippen LogP contribution >= 0.6 is 81.2 Å². The van der Waals surface area contributed by atoms with Crippen LogP contribution in [0.1, 0.15) is 231 Å². The lowest BCUT2D eigenvalue weighted by Gasteiger charge is -2.38. The molecule has 0 spiro atoms. The fourth-order valence-electron chi connectivity index (χ4n) is 19.8. The monoisotopic (exact) mass is 2210 g/mol. The summed E-state index contributed by atoms with van der Waals surface area (Å²) in [5.74, 6) is 1.60. The molecule has 7 aromatic rings. The number of alkyl halides is 1. The number of nitrogens with one attached hydrogen (secondary N) is 2. The van der Waals surface area contributed by atoms with E-state index in [1.165, 1.54) is 12.8 Å². The number of likely N-dealkylation sites (N-methyl/N-ethyl adjacent to an activating group) is 3. The molecule has 0 bridgehead atoms. The second-order valence-electron chi connectivity index (χ2n) is 44.4. The van der Waals surface area contributed by atoms with Gasteiger partial charge in [-0.3, -0.25) is 58.1 Å². The first-order valence-corrected chi connectivity index (χ1v) is 57.6. The molecule has 6 fully saturated rings. The van der Waals surface area contributed by atoms with E-state index in [1.54, 1.807) is 12.1 Å². The third-order valence-corrected chi connectivity index (χ3v) is 31.6. The van der Waals surface area contributed by atoms with Crippen molar-refractivity contribution in [3.05, 3.63) is 244 Å². The normalized spacial score (nSPS) is 18.7. The lowest BCUT2D eigenvalue weighted by atomic mass is 9.88. The van der Waals surface area contributed by atoms with Gasteiger partial charge in [0.25, 0.3) is 0 Å². The summed E-state index contributed by atoms with van der Waals surface area (Å²) in [4.78, 5) is 112. The predicted octanol–water partition coefficient (Wildman–Crippen LogP) is 23.4. The maximum Gasteiger partial charge on any atom is 0.144 e. The Balaban J connectivity index is 0.000000237. The molecule has 6 aliphatic heterocycles. The third-order valence-electron chi connectivity index (χ3n) is 29.8. The number of nitrogens with zero attached hydrogens (tertiary/aromatic N) is 10. The zero-order chi connectivity index (χ0) is 111. The summed E-state index contributed by atoms with van der Waals surface area (Å²) in [5, 5.41) is 11.3. The molecule has 10 atom stereocenters. The van der Waals surface area contributed by atoms with Crippen LogP contribution in [0.3, 0.4) is 0 Å². The number of hydrogen-bond acceptors (Lipinski definition) is 20. The first kappa shape index (κ1) is 131. The molecule has 1 unspecified atom stereocenters. The van der Waals surface area contributed by atoms with E-state index in [0.717, 1.165) is 218 Å². The molecular formula is C122H180Cl7FN12O8. The van der Waals surface area contributed by atoms with Crippen molar-refractivity contribution in [1.29, 1.82) is 0 Å². The summed E-state index contributed by atoms with van der Waals surface area (Å²) in [6.45, 7) is 63.4. The summed E-state index contributed by atoms with van der Waals surface area (Å²) in [5.41, 5.74) is 7.36. The van der Waals surface area contributed by atoms with Crippen molar-refractivity contribution in [2.45, 2.75) is 222 Å². The zero-order valence-electron chi connectivity index (χ0n) is 94.3. The number of ketones is 7. The van der Waals surface area contributed by atoms with E-state index in [9.17, 15) is 38.0 Å². The Morgan fingerprint density at radius 3 is 0.733 bits per heavy atom. The molecule has 13 rings (SSSR count). The molecule has 20 nitrogen and oxygen atoms in total. The predicted molar refractivity (Wildman–Crippen MR) is 626 cm³/mol. The van der Waals surface area contributed by atoms with Crippen molar-refractivity contribution in [3.63, 3.8) is 0 Å². The molecule has 0 aromatic heterocycles. The molecule has 7 aromatic carbocycles. The molecule has 832 valence electrons. The Labute approximate surface area is 936 Å². The molecule has 28 heteroatoms. The van der Waals surface area contributed by atoms with Crippen LogP contribution in [0.4, 0.5) is 4.39 Å². The van der Waals surface area contributed by atoms with Crippen molar-refractivity contribution >= 4 is 122 Å². The average Bonchev–Trinajstić information content (AvgIpc) is 1.75. The number of halogens is 8. The topological polar surface area (TPSA) is 185 Å². The second kappa shape index (κ2) is 67.7. The number of Topliss-reactive ketones (excluding diaryl/α,β-unsaturated/α-hetero) is 7. The van der Waals surface area contributed by atoms with Gasteiger partial charge >= 0.3 is 0 Å². The second-order valence-corrected chi connectivity index (χ2v) is 47.5. The fourth-order valence-corrected chi connectivity index (χ4v) is 20.7. The van der Waals surface area contributed by atoms with E-state index >= 15 is 0 Å². The number of ether oxygens (including phenoxy) is 1. The Kier molecular flexibility index (Phi) is 58.9. The molecule has 2 N–H and O–H groups in total. The van der Waals surface area contributed by atoms with Crippen LogP contribution in [0.15, 0.2) is 170 Å². The number of carbonyl (C=O) groups excluding carboxylic acids is 7. The summed E-state index contributed by atoms with van der Waals surface area (Å²) in [7, 11) is 8.52. The van der Waals surface area contributed by atoms with Crippen molar-refractivity contribution < 1.29 is 42.7 Å². The Hall–Kier alpha value is -6.33. The van der Waals surface area contributed by atoms with Crippen LogP contribution in [-0.2, 0) is 38.3 Å². The number of rotatable bonds is 43. The molecular weight excluding hydrogens is 2030 g/mol. The van der Waals surface area contributed by atoms with Gasteiger partial charge in [-0.1, -0.05) is 270 Å². The largest absolute Gasteiger partial charge is 0.380 e. The van der Waals surface area contributed by atoms with Gasteiger partial charge in [0.15, 0.2) is 0 Å². The number of hydrogen-bond donors (Lipinski definition) is 2. The van der Waals surface area contributed by atoms with Crippen LogP contribution in [0.25, 0.3) is 0 Å². The van der Waals surface area contributed by atoms with Crippen LogP contribution in [0.5, 0.6) is 0 Å². The van der Waals surface area contributed by atoms with E-state index in [1.807, 2.05) is 255 Å². The number of likely N-dealkylation sites (tertiary alicyclic amines) is 2. The maximum absolute atomic E-state index is 12.7. The quantitative estimate of drug-likeness (QED) is 0.0344. The highest BCUT2D eigenvalue weighted by molar-refractivity contribution is 6.32. The van der Waals surface area contributed by atoms with Crippen LogP contribution in [0, 0.1) is 41.4 Å². The lowest BCUT2D eigenvalue weighted by molar-refractivity contribution is -0.124. The third kappa shape index (κ3) is 44.6. The first-order chi connectivity index (χ1) is 71.2. The van der Waals surface area contributed by atoms with E-state index in [0.29, 0.717) is 92.3 Å². The number of piperazine rings is 3. The highest BCUT2D eigenvalue weighted by Crippen LogP contribution is 2.34. The molecule has 150 heavy (non-hydrogen) atoms. The summed E-state index contributed by atoms with van der Waals surface area (Å²) in [6.07, 6.45) is 3.37. The smallest absolute Gasteiger partial charge is 0.144 e. The Bertz CT molecular complexity index is 4880. The van der Waals surface area contributed by atoms with Gasteiger partial charge in [-0.25, -0.2) is 4.39 Å². The molecule has 6 heterocycles. The minimum atomic E-state index is -0.427. The van der Waals surface area contributed by atoms with Crippen molar-refractivity contribution in [2.24, 2.45) is 41.4 Å². The van der Waals surface area contributed by atoms with Crippen molar-refractivity contribution in [3.8, 4) is 0 Å². The van der Waals surface area contributed by atoms with Gasteiger partial charge in [-0.15, -0.1) is 0 Å². The molecule has 6 aliphatic rings. The highest BCUT2D eigenvalue weighted by Gasteiger charge is 2.37. The average molecular weight is 2210 g/mol. The van der Waals surface area contributed by atoms with E-state index in [-0.39, 0.29) is 101 Å². The Morgan fingerprint density at radius 1 is 0.307 bits per heavy atom. The molecule has 0 saturated carbocycles. The van der Waals surface area contributed by atoms with Gasteiger partial charge in [0.1, 0.15) is 47.2 Å². The van der Waals surface area contributed by atoms with E-state index in [2.05, 4.69) is 122 Å². The van der Waals surface area contributed by atoms with Gasteiger partial charge < -0.3 is 39.9 Å². The van der Waals surface area contributed by atoms with Crippen LogP contribution < -0.4 is 10.6 Å². The Morgan fingerprint density at radius 2 is 0.527 bits per heavy atom. The molecule has 0 amide bonds. The van der Waals surface area contributed by atoms with E-state index < -0.39 is 6.67 Å².